The van der Waals surface area contributed by atoms with Gasteiger partial charge in [0.15, 0.2) is 11.5 Å². The van der Waals surface area contributed by atoms with Crippen LogP contribution in [0.2, 0.25) is 0 Å². The number of nitrogens with two attached hydrogens (primary N) is 1. The molecule has 0 spiro atoms. The van der Waals surface area contributed by atoms with Crippen LogP contribution in [0, 0.1) is 5.41 Å². The van der Waals surface area contributed by atoms with Gasteiger partial charge in [0.05, 0.1) is 5.56 Å². The SMILES string of the molecule is C=CCOc1cccc(C(=N)N)c1OCC=C. The third-order valence-corrected chi connectivity index (χ3v) is 1.97. The fourth-order valence-electron chi connectivity index (χ4n) is 1.28. The Kier molecular flexibility index (Phi) is 4.81. The summed E-state index contributed by atoms with van der Waals surface area (Å²) in [4.78, 5) is 0. The van der Waals surface area contributed by atoms with Crippen molar-refractivity contribution >= 4 is 5.84 Å². The summed E-state index contributed by atoms with van der Waals surface area (Å²) in [6.07, 6.45) is 3.26. The molecule has 0 aliphatic heterocycles. The lowest BCUT2D eigenvalue weighted by Gasteiger charge is -2.14. The summed E-state index contributed by atoms with van der Waals surface area (Å²) in [5, 5.41) is 7.48. The van der Waals surface area contributed by atoms with E-state index in [9.17, 15) is 0 Å². The number of nitrogen functional groups attached to an aromatic ring is 1. The van der Waals surface area contributed by atoms with E-state index in [1.54, 1.807) is 30.4 Å². The number of hydrogen-bond donors (Lipinski definition) is 2. The highest BCUT2D eigenvalue weighted by molar-refractivity contribution is 5.98. The average molecular weight is 232 g/mol. The van der Waals surface area contributed by atoms with Crippen molar-refractivity contribution in [3.8, 4) is 11.5 Å². The first kappa shape index (κ1) is 12.8. The molecule has 0 atom stereocenters. The Balaban J connectivity index is 3.08. The van der Waals surface area contributed by atoms with E-state index in [-0.39, 0.29) is 5.84 Å². The zero-order chi connectivity index (χ0) is 12.7. The Bertz CT molecular complexity index is 427. The molecule has 0 aliphatic rings. The molecule has 0 radical (unpaired) electrons. The first-order valence-corrected chi connectivity index (χ1v) is 5.15. The number of para-hydroxylation sites is 1. The molecule has 1 rings (SSSR count). The van der Waals surface area contributed by atoms with Gasteiger partial charge in [-0.05, 0) is 12.1 Å². The minimum Gasteiger partial charge on any atom is -0.486 e. The fraction of sp³-hybridized carbons (Fsp3) is 0.154. The van der Waals surface area contributed by atoms with Gasteiger partial charge in [0.25, 0.3) is 0 Å². The Morgan fingerprint density at radius 3 is 2.47 bits per heavy atom. The van der Waals surface area contributed by atoms with Crippen LogP contribution in [0.4, 0.5) is 0 Å². The van der Waals surface area contributed by atoms with E-state index in [2.05, 4.69) is 13.2 Å². The molecule has 0 heterocycles. The van der Waals surface area contributed by atoms with Crippen LogP contribution in [0.5, 0.6) is 11.5 Å². The Labute approximate surface area is 101 Å². The van der Waals surface area contributed by atoms with Crippen molar-refractivity contribution in [2.75, 3.05) is 13.2 Å². The molecule has 0 unspecified atom stereocenters. The molecule has 0 saturated carbocycles. The lowest BCUT2D eigenvalue weighted by Crippen LogP contribution is -2.14. The molecule has 90 valence electrons. The molecule has 1 aromatic rings. The predicted molar refractivity (Wildman–Crippen MR) is 68.8 cm³/mol. The topological polar surface area (TPSA) is 68.3 Å². The minimum absolute atomic E-state index is 0.0619. The van der Waals surface area contributed by atoms with Crippen LogP contribution in [0.25, 0.3) is 0 Å². The largest absolute Gasteiger partial charge is 0.486 e. The van der Waals surface area contributed by atoms with Gasteiger partial charge in [-0.15, -0.1) is 0 Å². The second-order valence-electron chi connectivity index (χ2n) is 3.25. The van der Waals surface area contributed by atoms with Crippen molar-refractivity contribution in [2.45, 2.75) is 0 Å². The summed E-state index contributed by atoms with van der Waals surface area (Å²) in [7, 11) is 0. The number of amidine groups is 1. The van der Waals surface area contributed by atoms with E-state index in [0.29, 0.717) is 30.3 Å². The molecular formula is C13H16N2O2. The molecule has 0 fully saturated rings. The van der Waals surface area contributed by atoms with Gasteiger partial charge in [0, 0.05) is 0 Å². The number of hydrogen-bond acceptors (Lipinski definition) is 3. The van der Waals surface area contributed by atoms with Gasteiger partial charge in [-0.1, -0.05) is 31.4 Å². The van der Waals surface area contributed by atoms with Gasteiger partial charge in [-0.2, -0.15) is 0 Å². The van der Waals surface area contributed by atoms with Crippen molar-refractivity contribution < 1.29 is 9.47 Å². The van der Waals surface area contributed by atoms with Crippen LogP contribution in [0.3, 0.4) is 0 Å². The number of rotatable bonds is 7. The zero-order valence-electron chi connectivity index (χ0n) is 9.61. The lowest BCUT2D eigenvalue weighted by atomic mass is 10.1. The van der Waals surface area contributed by atoms with Gasteiger partial charge in [0.2, 0.25) is 0 Å². The standard InChI is InChI=1S/C13H16N2O2/c1-3-8-16-11-7-5-6-10(13(14)15)12(11)17-9-4-2/h3-7H,1-2,8-9H2,(H3,14,15). The molecule has 4 heteroatoms. The predicted octanol–water partition coefficient (Wildman–Crippen LogP) is 2.10. The van der Waals surface area contributed by atoms with Crippen LogP contribution in [0.15, 0.2) is 43.5 Å². The molecule has 1 aromatic carbocycles. The fourth-order valence-corrected chi connectivity index (χ4v) is 1.28. The average Bonchev–Trinajstić information content (AvgIpc) is 2.33. The van der Waals surface area contributed by atoms with Crippen LogP contribution >= 0.6 is 0 Å². The summed E-state index contributed by atoms with van der Waals surface area (Å²) < 4.78 is 10.9. The minimum atomic E-state index is -0.0619. The summed E-state index contributed by atoms with van der Waals surface area (Å²) in [6.45, 7) is 7.85. The molecule has 17 heavy (non-hydrogen) atoms. The molecule has 0 bridgehead atoms. The van der Waals surface area contributed by atoms with Crippen LogP contribution in [0.1, 0.15) is 5.56 Å². The van der Waals surface area contributed by atoms with Gasteiger partial charge < -0.3 is 15.2 Å². The van der Waals surface area contributed by atoms with Gasteiger partial charge in [-0.3, -0.25) is 5.41 Å². The summed E-state index contributed by atoms with van der Waals surface area (Å²) in [5.74, 6) is 0.939. The van der Waals surface area contributed by atoms with Crippen molar-refractivity contribution in [3.63, 3.8) is 0 Å². The van der Waals surface area contributed by atoms with Crippen LogP contribution in [-0.2, 0) is 0 Å². The quantitative estimate of drug-likeness (QED) is 0.429. The molecule has 0 aromatic heterocycles. The molecule has 0 amide bonds. The summed E-state index contributed by atoms with van der Waals surface area (Å²) in [6, 6.07) is 5.23. The molecule has 3 N–H and O–H groups in total. The van der Waals surface area contributed by atoms with E-state index in [0.717, 1.165) is 0 Å². The highest BCUT2D eigenvalue weighted by Gasteiger charge is 2.12. The van der Waals surface area contributed by atoms with E-state index in [1.165, 1.54) is 0 Å². The Morgan fingerprint density at radius 2 is 1.88 bits per heavy atom. The lowest BCUT2D eigenvalue weighted by molar-refractivity contribution is 0.308. The highest BCUT2D eigenvalue weighted by atomic mass is 16.5. The molecule has 0 saturated heterocycles. The van der Waals surface area contributed by atoms with Crippen LogP contribution in [-0.4, -0.2) is 19.0 Å². The third-order valence-electron chi connectivity index (χ3n) is 1.97. The van der Waals surface area contributed by atoms with Crippen molar-refractivity contribution in [1.82, 2.24) is 0 Å². The smallest absolute Gasteiger partial charge is 0.172 e. The van der Waals surface area contributed by atoms with E-state index >= 15 is 0 Å². The normalized spacial score (nSPS) is 9.41. The summed E-state index contributed by atoms with van der Waals surface area (Å²) in [5.41, 5.74) is 5.99. The van der Waals surface area contributed by atoms with E-state index < -0.39 is 0 Å². The Hall–Kier alpha value is -2.23. The van der Waals surface area contributed by atoms with Crippen LogP contribution < -0.4 is 15.2 Å². The first-order valence-electron chi connectivity index (χ1n) is 5.15. The summed E-state index contributed by atoms with van der Waals surface area (Å²) >= 11 is 0. The van der Waals surface area contributed by atoms with Gasteiger partial charge >= 0.3 is 0 Å². The van der Waals surface area contributed by atoms with E-state index in [1.807, 2.05) is 0 Å². The molecular weight excluding hydrogens is 216 g/mol. The highest BCUT2D eigenvalue weighted by Crippen LogP contribution is 2.31. The third kappa shape index (κ3) is 3.38. The van der Waals surface area contributed by atoms with E-state index in [4.69, 9.17) is 20.6 Å². The monoisotopic (exact) mass is 232 g/mol. The molecule has 4 nitrogen and oxygen atoms in total. The number of ether oxygens (including phenoxy) is 2. The van der Waals surface area contributed by atoms with Crippen molar-refractivity contribution in [3.05, 3.63) is 49.1 Å². The first-order chi connectivity index (χ1) is 8.20. The van der Waals surface area contributed by atoms with Crippen molar-refractivity contribution in [1.29, 1.82) is 5.41 Å². The maximum absolute atomic E-state index is 7.48. The van der Waals surface area contributed by atoms with Gasteiger partial charge in [-0.25, -0.2) is 0 Å². The van der Waals surface area contributed by atoms with Crippen molar-refractivity contribution in [2.24, 2.45) is 5.73 Å². The molecule has 0 aliphatic carbocycles. The number of benzene rings is 1. The van der Waals surface area contributed by atoms with Gasteiger partial charge in [0.1, 0.15) is 19.0 Å². The Morgan fingerprint density at radius 1 is 1.24 bits per heavy atom. The second kappa shape index (κ2) is 6.37. The second-order valence-corrected chi connectivity index (χ2v) is 3.25. The maximum atomic E-state index is 7.48. The number of nitrogens with one attached hydrogen (secondary N) is 1. The zero-order valence-corrected chi connectivity index (χ0v) is 9.61. The maximum Gasteiger partial charge on any atom is 0.172 e.